The smallest absolute Gasteiger partial charge is 0.319 e. The van der Waals surface area contributed by atoms with Gasteiger partial charge in [0, 0.05) is 24.1 Å². The molecule has 0 unspecified atom stereocenters. The standard InChI is InChI=1S/C24H28N4O6/c1-13-2-6-16(7-3-13)26-24(34)28-18-11-15(12-20(30)21(18)31)23(33)27-19(22(25)32)10-14-4-8-17(29)9-5-14/h2-9,11,18-21,29-31H,10,12H2,1H3,(H2,25,32)(H,27,33)(H2,26,28,34)/t18-,19+,20-,21-/m1/s1. The lowest BCUT2D eigenvalue weighted by atomic mass is 9.90. The number of hydrogen-bond donors (Lipinski definition) is 7. The second-order valence-corrected chi connectivity index (χ2v) is 8.24. The van der Waals surface area contributed by atoms with E-state index in [1.807, 2.05) is 19.1 Å². The van der Waals surface area contributed by atoms with Crippen LogP contribution in [-0.4, -0.2) is 57.5 Å². The highest BCUT2D eigenvalue weighted by molar-refractivity contribution is 5.97. The summed E-state index contributed by atoms with van der Waals surface area (Å²) in [7, 11) is 0. The third kappa shape index (κ3) is 6.56. The van der Waals surface area contributed by atoms with Crippen molar-refractivity contribution in [2.24, 2.45) is 5.73 Å². The molecule has 8 N–H and O–H groups in total. The SMILES string of the molecule is Cc1ccc(NC(=O)N[C@@H]2C=C(C(=O)N[C@@H](Cc3ccc(O)cc3)C(N)=O)C[C@@H](O)[C@@H]2O)cc1. The monoisotopic (exact) mass is 468 g/mol. The summed E-state index contributed by atoms with van der Waals surface area (Å²) in [6, 6.07) is 10.5. The van der Waals surface area contributed by atoms with Gasteiger partial charge in [-0.05, 0) is 36.8 Å². The van der Waals surface area contributed by atoms with E-state index >= 15 is 0 Å². The molecule has 34 heavy (non-hydrogen) atoms. The third-order valence-corrected chi connectivity index (χ3v) is 5.50. The summed E-state index contributed by atoms with van der Waals surface area (Å²) in [4.78, 5) is 37.1. The molecule has 0 bridgehead atoms. The number of nitrogens with one attached hydrogen (secondary N) is 3. The molecule has 0 radical (unpaired) electrons. The fraction of sp³-hybridized carbons (Fsp3) is 0.292. The molecule has 0 spiro atoms. The molecule has 180 valence electrons. The molecule has 4 amide bonds. The van der Waals surface area contributed by atoms with Crippen molar-refractivity contribution < 1.29 is 29.7 Å². The molecule has 0 saturated heterocycles. The number of rotatable bonds is 7. The van der Waals surface area contributed by atoms with Crippen LogP contribution >= 0.6 is 0 Å². The lowest BCUT2D eigenvalue weighted by Crippen LogP contribution is -2.53. The van der Waals surface area contributed by atoms with Gasteiger partial charge in [-0.1, -0.05) is 35.9 Å². The lowest BCUT2D eigenvalue weighted by Gasteiger charge is -2.31. The number of carbonyl (C=O) groups excluding carboxylic acids is 3. The number of nitrogens with two attached hydrogens (primary N) is 1. The van der Waals surface area contributed by atoms with Gasteiger partial charge < -0.3 is 37.0 Å². The quantitative estimate of drug-likeness (QED) is 0.311. The summed E-state index contributed by atoms with van der Waals surface area (Å²) in [6.07, 6.45) is -1.36. The zero-order valence-electron chi connectivity index (χ0n) is 18.6. The summed E-state index contributed by atoms with van der Waals surface area (Å²) < 4.78 is 0. The predicted octanol–water partition coefficient (Wildman–Crippen LogP) is 0.455. The first-order valence-corrected chi connectivity index (χ1v) is 10.7. The van der Waals surface area contributed by atoms with Crippen molar-refractivity contribution >= 4 is 23.5 Å². The number of aryl methyl sites for hydroxylation is 1. The molecule has 2 aromatic rings. The number of phenolic OH excluding ortho intramolecular Hbond substituents is 1. The lowest BCUT2D eigenvalue weighted by molar-refractivity contribution is -0.125. The Morgan fingerprint density at radius 2 is 1.71 bits per heavy atom. The molecule has 0 fully saturated rings. The molecule has 1 aliphatic rings. The second-order valence-electron chi connectivity index (χ2n) is 8.24. The van der Waals surface area contributed by atoms with Crippen molar-refractivity contribution in [1.82, 2.24) is 10.6 Å². The number of hydrogen-bond acceptors (Lipinski definition) is 6. The minimum atomic E-state index is -1.33. The molecule has 3 rings (SSSR count). The zero-order valence-corrected chi connectivity index (χ0v) is 18.6. The largest absolute Gasteiger partial charge is 0.508 e. The molecule has 2 aromatic carbocycles. The van der Waals surface area contributed by atoms with Crippen LogP contribution in [-0.2, 0) is 16.0 Å². The van der Waals surface area contributed by atoms with Crippen LogP contribution in [0, 0.1) is 6.92 Å². The number of urea groups is 1. The number of amides is 4. The molecule has 0 aromatic heterocycles. The van der Waals surface area contributed by atoms with E-state index in [-0.39, 0.29) is 24.2 Å². The first-order chi connectivity index (χ1) is 16.1. The number of carbonyl (C=O) groups is 3. The topological polar surface area (TPSA) is 174 Å². The fourth-order valence-corrected chi connectivity index (χ4v) is 3.56. The van der Waals surface area contributed by atoms with Crippen LogP contribution in [0.15, 0.2) is 60.2 Å². The van der Waals surface area contributed by atoms with Crippen LogP contribution in [0.5, 0.6) is 5.75 Å². The zero-order chi connectivity index (χ0) is 24.8. The molecule has 10 nitrogen and oxygen atoms in total. The Morgan fingerprint density at radius 3 is 2.32 bits per heavy atom. The van der Waals surface area contributed by atoms with Crippen LogP contribution in [0.1, 0.15) is 17.5 Å². The Morgan fingerprint density at radius 1 is 1.06 bits per heavy atom. The van der Waals surface area contributed by atoms with Crippen LogP contribution in [0.25, 0.3) is 0 Å². The van der Waals surface area contributed by atoms with Gasteiger partial charge in [-0.3, -0.25) is 9.59 Å². The molecule has 0 aliphatic heterocycles. The van der Waals surface area contributed by atoms with Gasteiger partial charge in [0.15, 0.2) is 0 Å². The van der Waals surface area contributed by atoms with Gasteiger partial charge in [0.1, 0.15) is 17.9 Å². The van der Waals surface area contributed by atoms with Crippen LogP contribution in [0.4, 0.5) is 10.5 Å². The number of aromatic hydroxyl groups is 1. The van der Waals surface area contributed by atoms with E-state index in [0.717, 1.165) is 5.56 Å². The number of phenols is 1. The first-order valence-electron chi connectivity index (χ1n) is 10.7. The third-order valence-electron chi connectivity index (χ3n) is 5.50. The highest BCUT2D eigenvalue weighted by atomic mass is 16.3. The maximum absolute atomic E-state index is 12.8. The maximum Gasteiger partial charge on any atom is 0.319 e. The van der Waals surface area contributed by atoms with E-state index in [9.17, 15) is 29.7 Å². The van der Waals surface area contributed by atoms with Crippen molar-refractivity contribution in [3.05, 3.63) is 71.3 Å². The van der Waals surface area contributed by atoms with Crippen molar-refractivity contribution in [3.63, 3.8) is 0 Å². The van der Waals surface area contributed by atoms with Crippen molar-refractivity contribution in [1.29, 1.82) is 0 Å². The molecular formula is C24H28N4O6. The molecular weight excluding hydrogens is 440 g/mol. The number of anilines is 1. The van der Waals surface area contributed by atoms with E-state index in [1.165, 1.54) is 18.2 Å². The predicted molar refractivity (Wildman–Crippen MR) is 125 cm³/mol. The Labute approximate surface area is 196 Å². The van der Waals surface area contributed by atoms with Crippen LogP contribution in [0.3, 0.4) is 0 Å². The Kier molecular flexibility index (Phi) is 7.87. The van der Waals surface area contributed by atoms with Crippen molar-refractivity contribution in [2.75, 3.05) is 5.32 Å². The summed E-state index contributed by atoms with van der Waals surface area (Å²) in [6.45, 7) is 1.91. The van der Waals surface area contributed by atoms with E-state index in [1.54, 1.807) is 24.3 Å². The highest BCUT2D eigenvalue weighted by Crippen LogP contribution is 2.21. The summed E-state index contributed by atoms with van der Waals surface area (Å²) >= 11 is 0. The minimum Gasteiger partial charge on any atom is -0.508 e. The van der Waals surface area contributed by atoms with E-state index in [4.69, 9.17) is 5.73 Å². The van der Waals surface area contributed by atoms with E-state index < -0.39 is 42.1 Å². The molecule has 1 aliphatic carbocycles. The molecule has 0 saturated carbocycles. The van der Waals surface area contributed by atoms with Gasteiger partial charge in [0.25, 0.3) is 0 Å². The van der Waals surface area contributed by atoms with Crippen LogP contribution < -0.4 is 21.7 Å². The van der Waals surface area contributed by atoms with Crippen molar-refractivity contribution in [2.45, 2.75) is 44.1 Å². The van der Waals surface area contributed by atoms with Gasteiger partial charge in [-0.25, -0.2) is 4.79 Å². The summed E-state index contributed by atoms with van der Waals surface area (Å²) in [5, 5.41) is 37.7. The summed E-state index contributed by atoms with van der Waals surface area (Å²) in [5.41, 5.74) is 7.76. The number of primary amides is 1. The number of benzene rings is 2. The average molecular weight is 469 g/mol. The van der Waals surface area contributed by atoms with Gasteiger partial charge in [0.05, 0.1) is 12.1 Å². The Bertz CT molecular complexity index is 1070. The molecule has 0 heterocycles. The van der Waals surface area contributed by atoms with Gasteiger partial charge >= 0.3 is 6.03 Å². The maximum atomic E-state index is 12.8. The summed E-state index contributed by atoms with van der Waals surface area (Å²) in [5.74, 6) is -1.35. The van der Waals surface area contributed by atoms with Gasteiger partial charge in [-0.15, -0.1) is 0 Å². The minimum absolute atomic E-state index is 0.0632. The van der Waals surface area contributed by atoms with Crippen molar-refractivity contribution in [3.8, 4) is 5.75 Å². The number of aliphatic hydroxyl groups excluding tert-OH is 2. The molecule has 4 atom stereocenters. The fourth-order valence-electron chi connectivity index (χ4n) is 3.56. The average Bonchev–Trinajstić information content (AvgIpc) is 2.79. The first kappa shape index (κ1) is 24.7. The van der Waals surface area contributed by atoms with Crippen LogP contribution in [0.2, 0.25) is 0 Å². The highest BCUT2D eigenvalue weighted by Gasteiger charge is 2.34. The second kappa shape index (κ2) is 10.8. The molecule has 10 heteroatoms. The van der Waals surface area contributed by atoms with Gasteiger partial charge in [0.2, 0.25) is 11.8 Å². The Hall–Kier alpha value is -3.89. The van der Waals surface area contributed by atoms with E-state index in [2.05, 4.69) is 16.0 Å². The Balaban J connectivity index is 1.68. The normalized spacial score (nSPS) is 20.6. The van der Waals surface area contributed by atoms with Gasteiger partial charge in [-0.2, -0.15) is 0 Å². The van der Waals surface area contributed by atoms with E-state index in [0.29, 0.717) is 11.3 Å². The number of aliphatic hydroxyl groups is 2.